The normalized spacial score (nSPS) is 17.7. The van der Waals surface area contributed by atoms with Gasteiger partial charge in [-0.25, -0.2) is 17.2 Å². The molecule has 1 aliphatic rings. The fourth-order valence-corrected chi connectivity index (χ4v) is 5.09. The number of anilines is 1. The Labute approximate surface area is 168 Å². The third kappa shape index (κ3) is 4.56. The molecule has 6 nitrogen and oxygen atoms in total. The van der Waals surface area contributed by atoms with Gasteiger partial charge in [0.25, 0.3) is 0 Å². The van der Waals surface area contributed by atoms with Crippen LogP contribution >= 0.6 is 0 Å². The number of sulfonamides is 1. The molecule has 1 amide bonds. The average molecular weight is 424 g/mol. The van der Waals surface area contributed by atoms with Crippen molar-refractivity contribution in [3.05, 3.63) is 53.6 Å². The second-order valence-electron chi connectivity index (χ2n) is 6.97. The van der Waals surface area contributed by atoms with Crippen molar-refractivity contribution in [1.29, 1.82) is 0 Å². The molecule has 0 aliphatic carbocycles. The van der Waals surface area contributed by atoms with Gasteiger partial charge in [0.05, 0.1) is 18.7 Å². The van der Waals surface area contributed by atoms with Crippen molar-refractivity contribution < 1.29 is 26.7 Å². The third-order valence-corrected chi connectivity index (χ3v) is 6.76. The Morgan fingerprint density at radius 3 is 2.69 bits per heavy atom. The second kappa shape index (κ2) is 8.46. The van der Waals surface area contributed by atoms with Gasteiger partial charge >= 0.3 is 0 Å². The van der Waals surface area contributed by atoms with Crippen LogP contribution in [0.1, 0.15) is 18.4 Å². The van der Waals surface area contributed by atoms with Gasteiger partial charge in [0.1, 0.15) is 22.3 Å². The Bertz CT molecular complexity index is 1030. The lowest BCUT2D eigenvalue weighted by molar-refractivity contribution is -0.120. The molecule has 1 fully saturated rings. The molecule has 1 aliphatic heterocycles. The quantitative estimate of drug-likeness (QED) is 0.799. The lowest BCUT2D eigenvalue weighted by Crippen LogP contribution is -2.43. The molecule has 156 valence electrons. The van der Waals surface area contributed by atoms with Crippen LogP contribution in [-0.4, -0.2) is 38.8 Å². The lowest BCUT2D eigenvalue weighted by Gasteiger charge is -2.31. The fraction of sp³-hybridized carbons (Fsp3) is 0.350. The number of carbonyl (C=O) groups is 1. The first-order valence-corrected chi connectivity index (χ1v) is 10.6. The number of amides is 1. The highest BCUT2D eigenvalue weighted by Gasteiger charge is 2.35. The molecule has 1 atom stereocenters. The summed E-state index contributed by atoms with van der Waals surface area (Å²) in [5.74, 6) is -2.45. The maximum Gasteiger partial charge on any atom is 0.246 e. The molecule has 9 heteroatoms. The summed E-state index contributed by atoms with van der Waals surface area (Å²) < 4.78 is 59.9. The summed E-state index contributed by atoms with van der Waals surface area (Å²) in [7, 11) is -2.49. The summed E-state index contributed by atoms with van der Waals surface area (Å²) in [5, 5.41) is 2.36. The summed E-state index contributed by atoms with van der Waals surface area (Å²) in [4.78, 5) is 12.6. The van der Waals surface area contributed by atoms with E-state index in [-0.39, 0.29) is 29.4 Å². The predicted octanol–water partition coefficient (Wildman–Crippen LogP) is 3.32. The predicted molar refractivity (Wildman–Crippen MR) is 104 cm³/mol. The first-order chi connectivity index (χ1) is 13.7. The standard InChI is InChI=1S/C20H22F2N2O4S/c1-13-5-8-18(28-2)19(10-13)29(26,27)24-9-3-4-14(12-24)20(25)23-17-11-15(21)6-7-16(17)22/h5-8,10-11,14H,3-4,9,12H2,1-2H3,(H,23,25)/t14-/m1/s1. The molecule has 0 saturated carbocycles. The highest BCUT2D eigenvalue weighted by molar-refractivity contribution is 7.89. The van der Waals surface area contributed by atoms with Crippen molar-refractivity contribution in [2.45, 2.75) is 24.7 Å². The third-order valence-electron chi connectivity index (χ3n) is 4.88. The van der Waals surface area contributed by atoms with Gasteiger partial charge in [-0.1, -0.05) is 6.07 Å². The van der Waals surface area contributed by atoms with Gasteiger partial charge in [-0.05, 0) is 49.6 Å². The van der Waals surface area contributed by atoms with Gasteiger partial charge in [-0.2, -0.15) is 4.31 Å². The maximum absolute atomic E-state index is 13.8. The Hall–Kier alpha value is -2.52. The number of rotatable bonds is 5. The van der Waals surface area contributed by atoms with Crippen LogP contribution < -0.4 is 10.1 Å². The second-order valence-corrected chi connectivity index (χ2v) is 8.88. The average Bonchev–Trinajstić information content (AvgIpc) is 2.70. The summed E-state index contributed by atoms with van der Waals surface area (Å²) >= 11 is 0. The van der Waals surface area contributed by atoms with Crippen LogP contribution in [0.4, 0.5) is 14.5 Å². The zero-order valence-electron chi connectivity index (χ0n) is 16.1. The van der Waals surface area contributed by atoms with E-state index in [9.17, 15) is 22.0 Å². The fourth-order valence-electron chi connectivity index (χ4n) is 3.33. The van der Waals surface area contributed by atoms with Gasteiger partial charge in [0.15, 0.2) is 0 Å². The number of ether oxygens (including phenoxy) is 1. The van der Waals surface area contributed by atoms with Gasteiger partial charge in [-0.3, -0.25) is 4.79 Å². The summed E-state index contributed by atoms with van der Waals surface area (Å²) in [5.41, 5.74) is 0.493. The number of hydrogen-bond donors (Lipinski definition) is 1. The molecule has 1 saturated heterocycles. The number of aryl methyl sites for hydroxylation is 1. The van der Waals surface area contributed by atoms with Crippen molar-refractivity contribution >= 4 is 21.6 Å². The topological polar surface area (TPSA) is 75.7 Å². The molecule has 2 aromatic carbocycles. The molecular formula is C20H22F2N2O4S. The van der Waals surface area contributed by atoms with Crippen molar-refractivity contribution in [2.75, 3.05) is 25.5 Å². The molecule has 0 spiro atoms. The molecule has 0 radical (unpaired) electrons. The summed E-state index contributed by atoms with van der Waals surface area (Å²) in [6.07, 6.45) is 0.914. The largest absolute Gasteiger partial charge is 0.495 e. The minimum absolute atomic E-state index is 0.0391. The van der Waals surface area contributed by atoms with E-state index >= 15 is 0 Å². The molecule has 3 rings (SSSR count). The molecule has 1 N–H and O–H groups in total. The molecular weight excluding hydrogens is 402 g/mol. The van der Waals surface area contributed by atoms with Gasteiger partial charge in [0.2, 0.25) is 15.9 Å². The molecule has 1 heterocycles. The molecule has 0 unspecified atom stereocenters. The molecule has 0 aromatic heterocycles. The van der Waals surface area contributed by atoms with E-state index in [0.717, 1.165) is 23.8 Å². The SMILES string of the molecule is COc1ccc(C)cc1S(=O)(=O)N1CCC[C@@H](C(=O)Nc2cc(F)ccc2F)C1. The molecule has 29 heavy (non-hydrogen) atoms. The van der Waals surface area contributed by atoms with E-state index in [4.69, 9.17) is 4.74 Å². The highest BCUT2D eigenvalue weighted by atomic mass is 32.2. The number of halogens is 2. The summed E-state index contributed by atoms with van der Waals surface area (Å²) in [6, 6.07) is 7.63. The van der Waals surface area contributed by atoms with E-state index in [1.807, 2.05) is 0 Å². The van der Waals surface area contributed by atoms with E-state index in [1.54, 1.807) is 19.1 Å². The smallest absolute Gasteiger partial charge is 0.246 e. The van der Waals surface area contributed by atoms with E-state index in [1.165, 1.54) is 17.5 Å². The van der Waals surface area contributed by atoms with Crippen LogP contribution in [0, 0.1) is 24.5 Å². The zero-order valence-corrected chi connectivity index (χ0v) is 16.9. The first-order valence-electron chi connectivity index (χ1n) is 9.13. The van der Waals surface area contributed by atoms with Crippen LogP contribution in [-0.2, 0) is 14.8 Å². The number of methoxy groups -OCH3 is 1. The van der Waals surface area contributed by atoms with Crippen molar-refractivity contribution in [3.63, 3.8) is 0 Å². The number of carbonyl (C=O) groups excluding carboxylic acids is 1. The van der Waals surface area contributed by atoms with Crippen molar-refractivity contribution in [1.82, 2.24) is 4.31 Å². The van der Waals surface area contributed by atoms with E-state index in [2.05, 4.69) is 5.32 Å². The van der Waals surface area contributed by atoms with E-state index < -0.39 is 33.5 Å². The number of nitrogens with zero attached hydrogens (tertiary/aromatic N) is 1. The lowest BCUT2D eigenvalue weighted by atomic mass is 9.98. The van der Waals surface area contributed by atoms with Crippen molar-refractivity contribution in [3.8, 4) is 5.75 Å². The number of hydrogen-bond acceptors (Lipinski definition) is 4. The maximum atomic E-state index is 13.8. The minimum Gasteiger partial charge on any atom is -0.495 e. The van der Waals surface area contributed by atoms with Crippen molar-refractivity contribution in [2.24, 2.45) is 5.92 Å². The Balaban J connectivity index is 1.80. The van der Waals surface area contributed by atoms with Crippen LogP contribution in [0.15, 0.2) is 41.3 Å². The van der Waals surface area contributed by atoms with E-state index in [0.29, 0.717) is 12.8 Å². The highest BCUT2D eigenvalue weighted by Crippen LogP contribution is 2.31. The molecule has 0 bridgehead atoms. The molecule has 2 aromatic rings. The zero-order chi connectivity index (χ0) is 21.2. The van der Waals surface area contributed by atoms with Crippen LogP contribution in [0.3, 0.4) is 0 Å². The summed E-state index contributed by atoms with van der Waals surface area (Å²) in [6.45, 7) is 1.98. The Morgan fingerprint density at radius 2 is 1.97 bits per heavy atom. The van der Waals surface area contributed by atoms with Crippen LogP contribution in [0.25, 0.3) is 0 Å². The van der Waals surface area contributed by atoms with Crippen LogP contribution in [0.2, 0.25) is 0 Å². The monoisotopic (exact) mass is 424 g/mol. The van der Waals surface area contributed by atoms with Gasteiger partial charge in [0, 0.05) is 19.2 Å². The number of benzene rings is 2. The van der Waals surface area contributed by atoms with Crippen LogP contribution in [0.5, 0.6) is 5.75 Å². The Kier molecular flexibility index (Phi) is 6.18. The minimum atomic E-state index is -3.89. The number of piperidine rings is 1. The first kappa shape index (κ1) is 21.2. The number of nitrogens with one attached hydrogen (secondary N) is 1. The van der Waals surface area contributed by atoms with Gasteiger partial charge < -0.3 is 10.1 Å². The van der Waals surface area contributed by atoms with Gasteiger partial charge in [-0.15, -0.1) is 0 Å². The Morgan fingerprint density at radius 1 is 1.21 bits per heavy atom.